The number of hydrazone groups is 1. The maximum atomic E-state index is 11.8. The summed E-state index contributed by atoms with van der Waals surface area (Å²) in [7, 11) is 0. The summed E-state index contributed by atoms with van der Waals surface area (Å²) in [5.74, 6) is -0.122. The molecule has 5 heteroatoms. The third-order valence-corrected chi connectivity index (χ3v) is 3.91. The van der Waals surface area contributed by atoms with Gasteiger partial charge < -0.3 is 0 Å². The number of carbonyl (C=O) groups is 1. The van der Waals surface area contributed by atoms with Gasteiger partial charge in [-0.3, -0.25) is 4.79 Å². The second-order valence-electron chi connectivity index (χ2n) is 4.85. The van der Waals surface area contributed by atoms with Gasteiger partial charge in [-0.25, -0.2) is 5.43 Å². The molecule has 2 aromatic rings. The lowest BCUT2D eigenvalue weighted by molar-refractivity contribution is -0.121. The summed E-state index contributed by atoms with van der Waals surface area (Å²) in [4.78, 5) is 11.8. The van der Waals surface area contributed by atoms with Gasteiger partial charge in [0.15, 0.2) is 0 Å². The van der Waals surface area contributed by atoms with Crippen LogP contribution >= 0.6 is 23.2 Å². The van der Waals surface area contributed by atoms with Crippen LogP contribution in [0.15, 0.2) is 53.6 Å². The molecule has 0 aliphatic carbocycles. The predicted molar refractivity (Wildman–Crippen MR) is 91.6 cm³/mol. The second kappa shape index (κ2) is 7.97. The van der Waals surface area contributed by atoms with Crippen LogP contribution in [0, 0.1) is 0 Å². The van der Waals surface area contributed by atoms with Crippen molar-refractivity contribution in [2.24, 2.45) is 5.10 Å². The second-order valence-corrected chi connectivity index (χ2v) is 5.66. The van der Waals surface area contributed by atoms with E-state index in [2.05, 4.69) is 10.5 Å². The molecule has 1 N–H and O–H groups in total. The Kier molecular flexibility index (Phi) is 5.99. The van der Waals surface area contributed by atoms with Crippen molar-refractivity contribution < 1.29 is 4.79 Å². The van der Waals surface area contributed by atoms with Gasteiger partial charge in [-0.05, 0) is 36.6 Å². The number of aryl methyl sites for hydroxylation is 1. The van der Waals surface area contributed by atoms with Crippen LogP contribution in [-0.2, 0) is 11.2 Å². The molecule has 0 spiro atoms. The molecule has 0 radical (unpaired) electrons. The molecule has 0 heterocycles. The molecule has 0 atom stereocenters. The number of benzene rings is 2. The largest absolute Gasteiger partial charge is 0.273 e. The molecule has 0 unspecified atom stereocenters. The van der Waals surface area contributed by atoms with Gasteiger partial charge >= 0.3 is 0 Å². The van der Waals surface area contributed by atoms with E-state index in [-0.39, 0.29) is 5.91 Å². The van der Waals surface area contributed by atoms with Crippen LogP contribution in [0.25, 0.3) is 0 Å². The Hall–Kier alpha value is -1.84. The molecular weight excluding hydrogens is 319 g/mol. The van der Waals surface area contributed by atoms with E-state index in [0.29, 0.717) is 28.6 Å². The molecule has 2 rings (SSSR count). The summed E-state index contributed by atoms with van der Waals surface area (Å²) in [6.45, 7) is 1.80. The van der Waals surface area contributed by atoms with Crippen LogP contribution in [0.3, 0.4) is 0 Å². The van der Waals surface area contributed by atoms with Crippen LogP contribution in [-0.4, -0.2) is 11.6 Å². The lowest BCUT2D eigenvalue weighted by atomic mass is 10.1. The van der Waals surface area contributed by atoms with Crippen LogP contribution < -0.4 is 5.43 Å². The Labute approximate surface area is 139 Å². The van der Waals surface area contributed by atoms with Crippen molar-refractivity contribution in [3.05, 3.63) is 69.7 Å². The van der Waals surface area contributed by atoms with Gasteiger partial charge in [-0.1, -0.05) is 59.6 Å². The maximum absolute atomic E-state index is 11.8. The predicted octanol–water partition coefficient (Wildman–Crippen LogP) is 4.47. The quantitative estimate of drug-likeness (QED) is 0.636. The highest BCUT2D eigenvalue weighted by atomic mass is 35.5. The molecule has 0 aromatic heterocycles. The van der Waals surface area contributed by atoms with Gasteiger partial charge in [0.05, 0.1) is 15.8 Å². The van der Waals surface area contributed by atoms with Crippen molar-refractivity contribution in [2.75, 3.05) is 0 Å². The Bertz CT molecular complexity index is 684. The van der Waals surface area contributed by atoms with Crippen molar-refractivity contribution in [1.82, 2.24) is 5.43 Å². The number of halogens is 2. The summed E-state index contributed by atoms with van der Waals surface area (Å²) in [6.07, 6.45) is 1.08. The molecule has 0 fully saturated rings. The number of nitrogens with zero attached hydrogens (tertiary/aromatic N) is 1. The van der Waals surface area contributed by atoms with Gasteiger partial charge in [-0.15, -0.1) is 0 Å². The molecule has 0 saturated heterocycles. The monoisotopic (exact) mass is 334 g/mol. The van der Waals surface area contributed by atoms with E-state index < -0.39 is 0 Å². The zero-order valence-electron chi connectivity index (χ0n) is 12.1. The van der Waals surface area contributed by atoms with Gasteiger partial charge in [-0.2, -0.15) is 5.10 Å². The average Bonchev–Trinajstić information content (AvgIpc) is 2.54. The number of hydrogen-bond acceptors (Lipinski definition) is 2. The van der Waals surface area contributed by atoms with E-state index in [0.717, 1.165) is 11.1 Å². The number of hydrogen-bond donors (Lipinski definition) is 1. The van der Waals surface area contributed by atoms with Crippen LogP contribution in [0.1, 0.15) is 24.5 Å². The number of nitrogens with one attached hydrogen (secondary N) is 1. The molecule has 0 bridgehead atoms. The van der Waals surface area contributed by atoms with Gasteiger partial charge in [0.2, 0.25) is 5.91 Å². The van der Waals surface area contributed by atoms with Gasteiger partial charge in [0, 0.05) is 6.42 Å². The normalized spacial score (nSPS) is 11.3. The molecule has 2 aromatic carbocycles. The Morgan fingerprint density at radius 1 is 1.09 bits per heavy atom. The molecule has 22 heavy (non-hydrogen) atoms. The maximum Gasteiger partial charge on any atom is 0.240 e. The molecule has 114 valence electrons. The van der Waals surface area contributed by atoms with Crippen LogP contribution in [0.2, 0.25) is 10.0 Å². The van der Waals surface area contributed by atoms with Crippen LogP contribution in [0.4, 0.5) is 0 Å². The SMILES string of the molecule is C/C(=N\NC(=O)CCc1ccccc1)c1ccc(Cl)c(Cl)c1. The van der Waals surface area contributed by atoms with E-state index >= 15 is 0 Å². The zero-order valence-corrected chi connectivity index (χ0v) is 13.7. The van der Waals surface area contributed by atoms with Crippen LogP contribution in [0.5, 0.6) is 0 Å². The average molecular weight is 335 g/mol. The third kappa shape index (κ3) is 4.86. The van der Waals surface area contributed by atoms with E-state index in [9.17, 15) is 4.79 Å². The number of carbonyl (C=O) groups excluding carboxylic acids is 1. The Morgan fingerprint density at radius 3 is 2.50 bits per heavy atom. The summed E-state index contributed by atoms with van der Waals surface area (Å²) in [5, 5.41) is 5.05. The van der Waals surface area contributed by atoms with Crippen molar-refractivity contribution >= 4 is 34.8 Å². The highest BCUT2D eigenvalue weighted by Gasteiger charge is 2.04. The summed E-state index contributed by atoms with van der Waals surface area (Å²) in [6, 6.07) is 15.1. The van der Waals surface area contributed by atoms with Crippen molar-refractivity contribution in [2.45, 2.75) is 19.8 Å². The molecule has 0 aliphatic heterocycles. The first-order chi connectivity index (χ1) is 10.6. The van der Waals surface area contributed by atoms with E-state index in [1.54, 1.807) is 19.1 Å². The zero-order chi connectivity index (χ0) is 15.9. The summed E-state index contributed by atoms with van der Waals surface area (Å²) < 4.78 is 0. The minimum absolute atomic E-state index is 0.122. The number of rotatable bonds is 5. The fourth-order valence-corrected chi connectivity index (χ4v) is 2.19. The Balaban J connectivity index is 1.90. The minimum Gasteiger partial charge on any atom is -0.273 e. The first kappa shape index (κ1) is 16.5. The first-order valence-electron chi connectivity index (χ1n) is 6.89. The Morgan fingerprint density at radius 2 is 1.82 bits per heavy atom. The fraction of sp³-hybridized carbons (Fsp3) is 0.176. The van der Waals surface area contributed by atoms with Crippen molar-refractivity contribution in [1.29, 1.82) is 0 Å². The summed E-state index contributed by atoms with van der Waals surface area (Å²) >= 11 is 11.8. The molecule has 0 saturated carbocycles. The minimum atomic E-state index is -0.122. The first-order valence-corrected chi connectivity index (χ1v) is 7.64. The number of amides is 1. The van der Waals surface area contributed by atoms with E-state index in [4.69, 9.17) is 23.2 Å². The molecule has 1 amide bonds. The fourth-order valence-electron chi connectivity index (χ4n) is 1.89. The molecule has 3 nitrogen and oxygen atoms in total. The van der Waals surface area contributed by atoms with Crippen molar-refractivity contribution in [3.8, 4) is 0 Å². The lowest BCUT2D eigenvalue weighted by Gasteiger charge is -2.04. The lowest BCUT2D eigenvalue weighted by Crippen LogP contribution is -2.19. The third-order valence-electron chi connectivity index (χ3n) is 3.17. The van der Waals surface area contributed by atoms with Gasteiger partial charge in [0.1, 0.15) is 0 Å². The molecular formula is C17H16Cl2N2O. The molecule has 0 aliphatic rings. The summed E-state index contributed by atoms with van der Waals surface area (Å²) in [5.41, 5.74) is 5.18. The van der Waals surface area contributed by atoms with Gasteiger partial charge in [0.25, 0.3) is 0 Å². The smallest absolute Gasteiger partial charge is 0.240 e. The van der Waals surface area contributed by atoms with Crippen molar-refractivity contribution in [3.63, 3.8) is 0 Å². The van der Waals surface area contributed by atoms with E-state index in [1.807, 2.05) is 36.4 Å². The highest BCUT2D eigenvalue weighted by molar-refractivity contribution is 6.42. The highest BCUT2D eigenvalue weighted by Crippen LogP contribution is 2.22. The van der Waals surface area contributed by atoms with E-state index in [1.165, 1.54) is 0 Å². The standard InChI is InChI=1S/C17H16Cl2N2O/c1-12(14-8-9-15(18)16(19)11-14)20-21-17(22)10-7-13-5-3-2-4-6-13/h2-6,8-9,11H,7,10H2,1H3,(H,21,22)/b20-12+. The topological polar surface area (TPSA) is 41.5 Å².